The van der Waals surface area contributed by atoms with Crippen molar-refractivity contribution in [2.45, 2.75) is 25.3 Å². The van der Waals surface area contributed by atoms with Crippen molar-refractivity contribution in [2.24, 2.45) is 0 Å². The van der Waals surface area contributed by atoms with E-state index in [4.69, 9.17) is 9.15 Å². The van der Waals surface area contributed by atoms with Crippen LogP contribution in [0, 0.1) is 0 Å². The van der Waals surface area contributed by atoms with Crippen LogP contribution >= 0.6 is 0 Å². The van der Waals surface area contributed by atoms with Crippen LogP contribution in [-0.2, 0) is 11.2 Å². The Morgan fingerprint density at radius 1 is 1.14 bits per heavy atom. The van der Waals surface area contributed by atoms with Gasteiger partial charge in [0.15, 0.2) is 11.3 Å². The minimum absolute atomic E-state index is 0.00603. The lowest BCUT2D eigenvalue weighted by Crippen LogP contribution is -2.26. The second kappa shape index (κ2) is 7.79. The highest BCUT2D eigenvalue weighted by molar-refractivity contribution is 6.05. The molecule has 3 aromatic rings. The zero-order chi connectivity index (χ0) is 20.4. The van der Waals surface area contributed by atoms with E-state index in [1.807, 2.05) is 0 Å². The predicted molar refractivity (Wildman–Crippen MR) is 108 cm³/mol. The van der Waals surface area contributed by atoms with Crippen LogP contribution in [0.3, 0.4) is 0 Å². The molecule has 2 amide bonds. The number of anilines is 1. The molecule has 0 radical (unpaired) electrons. The van der Waals surface area contributed by atoms with Gasteiger partial charge in [0.05, 0.1) is 13.5 Å². The van der Waals surface area contributed by atoms with E-state index in [2.05, 4.69) is 10.6 Å². The number of nitrogens with one attached hydrogen (secondary N) is 2. The first-order chi connectivity index (χ1) is 14.0. The molecule has 7 nitrogen and oxygen atoms in total. The van der Waals surface area contributed by atoms with Crippen molar-refractivity contribution in [1.29, 1.82) is 0 Å². The number of hydrogen-bond acceptors (Lipinski definition) is 5. The smallest absolute Gasteiger partial charge is 0.349 e. The summed E-state index contributed by atoms with van der Waals surface area (Å²) >= 11 is 0. The van der Waals surface area contributed by atoms with Crippen LogP contribution in [0.25, 0.3) is 11.0 Å². The summed E-state index contributed by atoms with van der Waals surface area (Å²) < 4.78 is 10.5. The number of benzene rings is 2. The monoisotopic (exact) mass is 392 g/mol. The average Bonchev–Trinajstić information content (AvgIpc) is 3.52. The number of para-hydroxylation sites is 1. The van der Waals surface area contributed by atoms with Gasteiger partial charge in [0.2, 0.25) is 5.91 Å². The van der Waals surface area contributed by atoms with Crippen LogP contribution in [-0.4, -0.2) is 25.0 Å². The maximum Gasteiger partial charge on any atom is 0.349 e. The first-order valence-corrected chi connectivity index (χ1v) is 9.34. The molecule has 1 fully saturated rings. The topological polar surface area (TPSA) is 97.6 Å². The summed E-state index contributed by atoms with van der Waals surface area (Å²) in [6.45, 7) is 0. The Kier molecular flexibility index (Phi) is 5.03. The lowest BCUT2D eigenvalue weighted by atomic mass is 10.1. The molecule has 0 bridgehead atoms. The van der Waals surface area contributed by atoms with Crippen molar-refractivity contribution in [2.75, 3.05) is 12.4 Å². The van der Waals surface area contributed by atoms with Crippen molar-refractivity contribution in [3.05, 3.63) is 70.1 Å². The van der Waals surface area contributed by atoms with E-state index < -0.39 is 11.5 Å². The molecule has 4 rings (SSSR count). The minimum Gasteiger partial charge on any atom is -0.493 e. The summed E-state index contributed by atoms with van der Waals surface area (Å²) in [5, 5.41) is 6.21. The molecule has 148 valence electrons. The number of fused-ring (bicyclic) bond motifs is 1. The molecule has 0 saturated heterocycles. The van der Waals surface area contributed by atoms with E-state index in [0.29, 0.717) is 34.9 Å². The third kappa shape index (κ3) is 4.29. The molecule has 1 aliphatic carbocycles. The Morgan fingerprint density at radius 3 is 2.59 bits per heavy atom. The van der Waals surface area contributed by atoms with Crippen LogP contribution < -0.4 is 21.0 Å². The molecule has 7 heteroatoms. The SMILES string of the molecule is COc1cccc2cc(C(=O)Nc3ccc(CC(=O)NC4CC4)cc3)c(=O)oc12. The minimum atomic E-state index is -0.743. The lowest BCUT2D eigenvalue weighted by molar-refractivity contribution is -0.120. The van der Waals surface area contributed by atoms with Crippen molar-refractivity contribution in [3.8, 4) is 5.75 Å². The highest BCUT2D eigenvalue weighted by atomic mass is 16.5. The van der Waals surface area contributed by atoms with Gasteiger partial charge in [0, 0.05) is 17.1 Å². The number of carbonyl (C=O) groups is 2. The summed E-state index contributed by atoms with van der Waals surface area (Å²) in [5.41, 5.74) is 0.821. The molecule has 0 unspecified atom stereocenters. The van der Waals surface area contributed by atoms with Gasteiger partial charge < -0.3 is 19.8 Å². The molecule has 1 aromatic heterocycles. The summed E-state index contributed by atoms with van der Waals surface area (Å²) in [5.74, 6) is -0.149. The number of amides is 2. The fourth-order valence-corrected chi connectivity index (χ4v) is 3.03. The Labute approximate surface area is 166 Å². The van der Waals surface area contributed by atoms with E-state index in [1.165, 1.54) is 13.2 Å². The first-order valence-electron chi connectivity index (χ1n) is 9.34. The molecule has 1 aliphatic rings. The van der Waals surface area contributed by atoms with Gasteiger partial charge in [-0.15, -0.1) is 0 Å². The normalized spacial score (nSPS) is 13.1. The number of ether oxygens (including phenoxy) is 1. The zero-order valence-corrected chi connectivity index (χ0v) is 15.9. The largest absolute Gasteiger partial charge is 0.493 e. The van der Waals surface area contributed by atoms with Gasteiger partial charge >= 0.3 is 5.63 Å². The standard InChI is InChI=1S/C22H20N2O5/c1-28-18-4-2-3-14-12-17(22(27)29-20(14)18)21(26)24-16-7-5-13(6-8-16)11-19(25)23-15-9-10-15/h2-8,12,15H,9-11H2,1H3,(H,23,25)(H,24,26). The van der Waals surface area contributed by atoms with Gasteiger partial charge in [-0.2, -0.15) is 0 Å². The number of methoxy groups -OCH3 is 1. The molecule has 1 heterocycles. The molecule has 0 atom stereocenters. The van der Waals surface area contributed by atoms with Crippen molar-refractivity contribution < 1.29 is 18.7 Å². The van der Waals surface area contributed by atoms with Gasteiger partial charge in [-0.1, -0.05) is 24.3 Å². The Balaban J connectivity index is 1.48. The number of hydrogen-bond donors (Lipinski definition) is 2. The van der Waals surface area contributed by atoms with E-state index >= 15 is 0 Å². The van der Waals surface area contributed by atoms with Gasteiger partial charge in [0.1, 0.15) is 5.56 Å². The first kappa shape index (κ1) is 18.7. The third-order valence-corrected chi connectivity index (χ3v) is 4.71. The summed E-state index contributed by atoms with van der Waals surface area (Å²) in [6.07, 6.45) is 2.39. The lowest BCUT2D eigenvalue weighted by Gasteiger charge is -2.08. The van der Waals surface area contributed by atoms with E-state index in [-0.39, 0.29) is 11.5 Å². The second-order valence-corrected chi connectivity index (χ2v) is 7.00. The van der Waals surface area contributed by atoms with Crippen molar-refractivity contribution >= 4 is 28.5 Å². The highest BCUT2D eigenvalue weighted by Gasteiger charge is 2.23. The average molecular weight is 392 g/mol. The van der Waals surface area contributed by atoms with Crippen LogP contribution in [0.1, 0.15) is 28.8 Å². The van der Waals surface area contributed by atoms with E-state index in [1.54, 1.807) is 42.5 Å². The Hall–Kier alpha value is -3.61. The summed E-state index contributed by atoms with van der Waals surface area (Å²) in [4.78, 5) is 36.7. The van der Waals surface area contributed by atoms with Crippen LogP contribution in [0.15, 0.2) is 57.7 Å². The number of carbonyl (C=O) groups excluding carboxylic acids is 2. The molecular formula is C22H20N2O5. The fourth-order valence-electron chi connectivity index (χ4n) is 3.03. The fraction of sp³-hybridized carbons (Fsp3) is 0.227. The van der Waals surface area contributed by atoms with E-state index in [0.717, 1.165) is 18.4 Å². The third-order valence-electron chi connectivity index (χ3n) is 4.71. The van der Waals surface area contributed by atoms with Gasteiger partial charge in [0.25, 0.3) is 5.91 Å². The summed E-state index contributed by atoms with van der Waals surface area (Å²) in [7, 11) is 1.48. The van der Waals surface area contributed by atoms with Crippen LogP contribution in [0.5, 0.6) is 5.75 Å². The second-order valence-electron chi connectivity index (χ2n) is 7.00. The molecule has 1 saturated carbocycles. The van der Waals surface area contributed by atoms with Gasteiger partial charge in [-0.25, -0.2) is 4.79 Å². The molecule has 2 aromatic carbocycles. The maximum atomic E-state index is 12.6. The highest BCUT2D eigenvalue weighted by Crippen LogP contribution is 2.24. The quantitative estimate of drug-likeness (QED) is 0.629. The molecular weight excluding hydrogens is 372 g/mol. The molecule has 0 aliphatic heterocycles. The molecule has 2 N–H and O–H groups in total. The Bertz CT molecular complexity index is 1130. The number of rotatable bonds is 6. The van der Waals surface area contributed by atoms with Gasteiger partial charge in [-0.05, 0) is 42.7 Å². The summed E-state index contributed by atoms with van der Waals surface area (Å²) in [6, 6.07) is 13.9. The molecule has 0 spiro atoms. The van der Waals surface area contributed by atoms with E-state index in [9.17, 15) is 14.4 Å². The van der Waals surface area contributed by atoms with Crippen LogP contribution in [0.4, 0.5) is 5.69 Å². The van der Waals surface area contributed by atoms with Gasteiger partial charge in [-0.3, -0.25) is 9.59 Å². The Morgan fingerprint density at radius 2 is 1.90 bits per heavy atom. The van der Waals surface area contributed by atoms with Crippen molar-refractivity contribution in [3.63, 3.8) is 0 Å². The zero-order valence-electron chi connectivity index (χ0n) is 15.9. The van der Waals surface area contributed by atoms with Crippen LogP contribution in [0.2, 0.25) is 0 Å². The maximum absolute atomic E-state index is 12.6. The van der Waals surface area contributed by atoms with Crippen molar-refractivity contribution in [1.82, 2.24) is 5.32 Å². The predicted octanol–water partition coefficient (Wildman–Crippen LogP) is 2.88. The molecule has 29 heavy (non-hydrogen) atoms.